The largest absolute Gasteiger partial charge is 0.453 e. The van der Waals surface area contributed by atoms with Crippen LogP contribution in [0.15, 0.2) is 103 Å². The zero-order chi connectivity index (χ0) is 43.8. The van der Waals surface area contributed by atoms with Crippen molar-refractivity contribution in [2.45, 2.75) is 76.2 Å². The number of H-pyrrole nitrogens is 2. The number of fused-ring (bicyclic) bond motifs is 3. The number of likely N-dealkylation sites (tertiary alicyclic amines) is 2. The molecule has 3 aliphatic rings. The number of benzene rings is 4. The number of aromatic amines is 2. The summed E-state index contributed by atoms with van der Waals surface area (Å²) in [6.07, 6.45) is 6.88. The summed E-state index contributed by atoms with van der Waals surface area (Å²) >= 11 is 0. The first-order valence-corrected chi connectivity index (χ1v) is 21.7. The van der Waals surface area contributed by atoms with Crippen LogP contribution in [0.1, 0.15) is 81.3 Å². The van der Waals surface area contributed by atoms with E-state index in [0.717, 1.165) is 82.3 Å². The Morgan fingerprint density at radius 1 is 0.698 bits per heavy atom. The number of hydrogen-bond acceptors (Lipinski definition) is 8. The predicted molar refractivity (Wildman–Crippen MR) is 238 cm³/mol. The summed E-state index contributed by atoms with van der Waals surface area (Å²) in [5, 5.41) is 7.67. The second kappa shape index (κ2) is 17.4. The first kappa shape index (κ1) is 41.4. The van der Waals surface area contributed by atoms with E-state index in [1.54, 1.807) is 4.90 Å². The molecule has 14 nitrogen and oxygen atoms in total. The number of nitrogens with zero attached hydrogens (tertiary/aromatic N) is 4. The van der Waals surface area contributed by atoms with E-state index in [4.69, 9.17) is 19.4 Å². The molecule has 2 aromatic heterocycles. The lowest BCUT2D eigenvalue weighted by molar-refractivity contribution is -0.139. The van der Waals surface area contributed by atoms with E-state index in [0.29, 0.717) is 23.9 Å². The summed E-state index contributed by atoms with van der Waals surface area (Å²) in [5.41, 5.74) is 6.57. The van der Waals surface area contributed by atoms with Gasteiger partial charge in [-0.15, -0.1) is 0 Å². The van der Waals surface area contributed by atoms with Crippen molar-refractivity contribution < 1.29 is 28.7 Å². The van der Waals surface area contributed by atoms with Gasteiger partial charge in [0.15, 0.2) is 0 Å². The molecule has 63 heavy (non-hydrogen) atoms. The number of hydrogen-bond donors (Lipinski definition) is 4. The Morgan fingerprint density at radius 3 is 2.03 bits per heavy atom. The maximum Gasteiger partial charge on any atom is 0.407 e. The summed E-state index contributed by atoms with van der Waals surface area (Å²) in [5.74, 6) is 1.38. The van der Waals surface area contributed by atoms with Gasteiger partial charge in [0, 0.05) is 18.2 Å². The van der Waals surface area contributed by atoms with Gasteiger partial charge >= 0.3 is 12.2 Å². The predicted octanol–water partition coefficient (Wildman–Crippen LogP) is 8.48. The number of methoxy groups -OCH3 is 2. The molecular formula is C49H52N8O6. The molecular weight excluding hydrogens is 797 g/mol. The average Bonchev–Trinajstić information content (AvgIpc) is 4.18. The van der Waals surface area contributed by atoms with Gasteiger partial charge in [-0.05, 0) is 89.1 Å². The van der Waals surface area contributed by atoms with Crippen molar-refractivity contribution in [1.29, 1.82) is 0 Å². The monoisotopic (exact) mass is 848 g/mol. The number of rotatable bonds is 11. The van der Waals surface area contributed by atoms with Crippen LogP contribution in [-0.4, -0.2) is 86.6 Å². The molecule has 2 aliphatic heterocycles. The van der Waals surface area contributed by atoms with E-state index >= 15 is 0 Å². The minimum Gasteiger partial charge on any atom is -0.453 e. The Balaban J connectivity index is 0.885. The molecule has 6 atom stereocenters. The Morgan fingerprint density at radius 2 is 1.32 bits per heavy atom. The molecule has 1 saturated carbocycles. The molecule has 9 rings (SSSR count). The molecule has 4 heterocycles. The fourth-order valence-electron chi connectivity index (χ4n) is 9.83. The second-order valence-corrected chi connectivity index (χ2v) is 17.2. The standard InChI is InChI=1S/C49H52N8O6/c1-28(2)41(54-48(60)62-3)47(59)57-37-21-20-36(25-37)43(57)45-51-26-38(53-45)30-14-12-29(13-15-30)32-16-17-34-24-35(19-18-33(34)23-32)39-27-50-44(52-39)40-11-8-22-56(40)46(58)42(55-49(61)63-4)31-9-6-5-7-10-31/h5-7,9-10,12-19,23-24,26-28,36-37,40-43H,8,11,20-22,25H2,1-4H3,(H,50,52)(H,51,53)(H,54,60)(H,55,61). The lowest BCUT2D eigenvalue weighted by Gasteiger charge is -2.37. The molecule has 3 fully saturated rings. The van der Waals surface area contributed by atoms with Crippen LogP contribution in [0.5, 0.6) is 0 Å². The van der Waals surface area contributed by atoms with Gasteiger partial charge in [0.25, 0.3) is 5.91 Å². The van der Waals surface area contributed by atoms with Crippen LogP contribution in [0.25, 0.3) is 44.4 Å². The maximum atomic E-state index is 14.0. The van der Waals surface area contributed by atoms with Crippen molar-refractivity contribution in [3.05, 3.63) is 121 Å². The summed E-state index contributed by atoms with van der Waals surface area (Å²) < 4.78 is 9.67. The number of piperidine rings is 1. The van der Waals surface area contributed by atoms with E-state index < -0.39 is 24.3 Å². The van der Waals surface area contributed by atoms with E-state index in [2.05, 4.69) is 81.3 Å². The number of aromatic nitrogens is 4. The van der Waals surface area contributed by atoms with Crippen molar-refractivity contribution in [2.24, 2.45) is 11.8 Å². The molecule has 2 saturated heterocycles. The lowest BCUT2D eigenvalue weighted by Crippen LogP contribution is -2.54. The molecule has 6 aromatic rings. The normalized spacial score (nSPS) is 20.2. The van der Waals surface area contributed by atoms with Gasteiger partial charge in [-0.25, -0.2) is 19.6 Å². The van der Waals surface area contributed by atoms with Gasteiger partial charge in [0.2, 0.25) is 5.91 Å². The first-order valence-electron chi connectivity index (χ1n) is 21.7. The Bertz CT molecular complexity index is 2640. The minimum atomic E-state index is -0.881. The summed E-state index contributed by atoms with van der Waals surface area (Å²) in [7, 11) is 2.59. The molecule has 4 aromatic carbocycles. The van der Waals surface area contributed by atoms with Gasteiger partial charge in [-0.3, -0.25) is 9.59 Å². The number of carbonyl (C=O) groups excluding carboxylic acids is 4. The number of alkyl carbamates (subject to hydrolysis) is 2. The highest BCUT2D eigenvalue weighted by molar-refractivity contribution is 5.91. The fourth-order valence-corrected chi connectivity index (χ4v) is 9.83. The quantitative estimate of drug-likeness (QED) is 0.100. The van der Waals surface area contributed by atoms with Crippen molar-refractivity contribution in [3.8, 4) is 33.6 Å². The lowest BCUT2D eigenvalue weighted by atomic mass is 9.95. The molecule has 6 unspecified atom stereocenters. The number of nitrogens with one attached hydrogen (secondary N) is 4. The Kier molecular flexibility index (Phi) is 11.5. The van der Waals surface area contributed by atoms with Crippen molar-refractivity contribution >= 4 is 34.8 Å². The second-order valence-electron chi connectivity index (χ2n) is 17.2. The van der Waals surface area contributed by atoms with Crippen LogP contribution in [0.3, 0.4) is 0 Å². The number of amides is 4. The van der Waals surface area contributed by atoms with Gasteiger partial charge in [-0.1, -0.05) is 92.7 Å². The number of ether oxygens (including phenoxy) is 2. The smallest absolute Gasteiger partial charge is 0.407 e. The van der Waals surface area contributed by atoms with Gasteiger partial charge in [0.1, 0.15) is 23.7 Å². The summed E-state index contributed by atoms with van der Waals surface area (Å²) in [6, 6.07) is 28.5. The highest BCUT2D eigenvalue weighted by Crippen LogP contribution is 2.50. The van der Waals surface area contributed by atoms with Gasteiger partial charge in [-0.2, -0.15) is 0 Å². The number of imidazole rings is 2. The highest BCUT2D eigenvalue weighted by Gasteiger charge is 2.51. The van der Waals surface area contributed by atoms with Crippen molar-refractivity contribution in [2.75, 3.05) is 20.8 Å². The molecule has 1 aliphatic carbocycles. The molecule has 4 amide bonds. The third-order valence-corrected chi connectivity index (χ3v) is 13.1. The van der Waals surface area contributed by atoms with Gasteiger partial charge in [0.05, 0.1) is 50.1 Å². The highest BCUT2D eigenvalue weighted by atomic mass is 16.5. The van der Waals surface area contributed by atoms with Crippen LogP contribution in [0.4, 0.5) is 9.59 Å². The fraction of sp³-hybridized carbons (Fsp3) is 0.347. The summed E-state index contributed by atoms with van der Waals surface area (Å²) in [4.78, 5) is 72.7. The summed E-state index contributed by atoms with van der Waals surface area (Å²) in [6.45, 7) is 4.41. The molecule has 14 heteroatoms. The van der Waals surface area contributed by atoms with E-state index in [1.165, 1.54) is 14.2 Å². The Labute approximate surface area is 365 Å². The van der Waals surface area contributed by atoms with Crippen molar-refractivity contribution in [3.63, 3.8) is 0 Å². The Hall–Kier alpha value is -6.96. The third-order valence-electron chi connectivity index (χ3n) is 13.1. The van der Waals surface area contributed by atoms with Gasteiger partial charge < -0.3 is 39.9 Å². The molecule has 324 valence electrons. The van der Waals surface area contributed by atoms with Crippen LogP contribution < -0.4 is 10.6 Å². The molecule has 4 N–H and O–H groups in total. The average molecular weight is 849 g/mol. The molecule has 0 radical (unpaired) electrons. The van der Waals surface area contributed by atoms with E-state index in [9.17, 15) is 19.2 Å². The zero-order valence-electron chi connectivity index (χ0n) is 35.8. The van der Waals surface area contributed by atoms with Crippen molar-refractivity contribution in [1.82, 2.24) is 40.4 Å². The van der Waals surface area contributed by atoms with Crippen LogP contribution in [0, 0.1) is 11.8 Å². The third kappa shape index (κ3) is 8.13. The molecule has 2 bridgehead atoms. The van der Waals surface area contributed by atoms with E-state index in [-0.39, 0.29) is 35.9 Å². The SMILES string of the molecule is COC(=O)NC(C(=O)N1CCCC1c1ncc(-c2ccc3cc(-c4ccc(-c5cnc(C6C7CCC(C7)N6C(=O)C(NC(=O)OC)C(C)C)[nH]5)cc4)ccc3c2)[nH]1)c1ccccc1. The number of carbonyl (C=O) groups is 4. The van der Waals surface area contributed by atoms with E-state index in [1.807, 2.05) is 61.5 Å². The van der Waals surface area contributed by atoms with Crippen LogP contribution in [-0.2, 0) is 19.1 Å². The first-order chi connectivity index (χ1) is 30.6. The molecule has 0 spiro atoms. The van der Waals surface area contributed by atoms with Crippen LogP contribution >= 0.6 is 0 Å². The topological polar surface area (TPSA) is 175 Å². The maximum absolute atomic E-state index is 14.0. The zero-order valence-corrected chi connectivity index (χ0v) is 35.8. The van der Waals surface area contributed by atoms with Crippen LogP contribution in [0.2, 0.25) is 0 Å². The minimum absolute atomic E-state index is 0.0939.